The van der Waals surface area contributed by atoms with E-state index in [9.17, 15) is 14.3 Å². The molecule has 0 spiro atoms. The number of nitrogens with one attached hydrogen (secondary N) is 1. The minimum absolute atomic E-state index is 0.0921. The molecule has 6 nitrogen and oxygen atoms in total. The van der Waals surface area contributed by atoms with Crippen LogP contribution in [0.15, 0.2) is 6.07 Å². The summed E-state index contributed by atoms with van der Waals surface area (Å²) in [5, 5.41) is 12.7. The van der Waals surface area contributed by atoms with Gasteiger partial charge in [-0.1, -0.05) is 0 Å². The molecule has 1 amide bonds. The highest BCUT2D eigenvalue weighted by Gasteiger charge is 2.52. The Kier molecular flexibility index (Phi) is 5.62. The van der Waals surface area contributed by atoms with E-state index in [1.165, 1.54) is 6.07 Å². The fraction of sp³-hybridized carbons (Fsp3) is 0.650. The molecular formula is C20H29BFNO5. The van der Waals surface area contributed by atoms with Crippen molar-refractivity contribution < 1.29 is 28.3 Å². The van der Waals surface area contributed by atoms with Crippen LogP contribution in [0.2, 0.25) is 0 Å². The standard InChI is InChI=1S/C20H29BFNO5/c1-11-12(2)17(22)13(18(25)23-15-10-26-8-7-16(15)24)9-14(11)21-27-19(3,4)20(5,6)28-21/h9,15-16,24H,7-8,10H2,1-6H3,(H,23,25)/t15-,16-/m0/s1. The summed E-state index contributed by atoms with van der Waals surface area (Å²) in [4.78, 5) is 12.8. The lowest BCUT2D eigenvalue weighted by Gasteiger charge is -2.32. The van der Waals surface area contributed by atoms with Crippen LogP contribution in [0.4, 0.5) is 4.39 Å². The van der Waals surface area contributed by atoms with Gasteiger partial charge in [-0.05, 0) is 70.6 Å². The van der Waals surface area contributed by atoms with Gasteiger partial charge in [0.2, 0.25) is 0 Å². The number of aliphatic hydroxyl groups is 1. The van der Waals surface area contributed by atoms with Crippen molar-refractivity contribution in [3.63, 3.8) is 0 Å². The number of halogens is 1. The molecule has 2 saturated heterocycles. The van der Waals surface area contributed by atoms with Crippen LogP contribution in [0.5, 0.6) is 0 Å². The van der Waals surface area contributed by atoms with Gasteiger partial charge in [-0.2, -0.15) is 0 Å². The monoisotopic (exact) mass is 393 g/mol. The van der Waals surface area contributed by atoms with Crippen LogP contribution >= 0.6 is 0 Å². The van der Waals surface area contributed by atoms with Gasteiger partial charge in [-0.15, -0.1) is 0 Å². The predicted octanol–water partition coefficient (Wildman–Crippen LogP) is 1.62. The smallest absolute Gasteiger partial charge is 0.399 e. The molecule has 154 valence electrons. The van der Waals surface area contributed by atoms with E-state index < -0.39 is 42.2 Å². The van der Waals surface area contributed by atoms with Crippen molar-refractivity contribution in [2.75, 3.05) is 13.2 Å². The van der Waals surface area contributed by atoms with Crippen LogP contribution in [-0.4, -0.2) is 54.7 Å². The molecule has 8 heteroatoms. The zero-order chi connectivity index (χ0) is 20.9. The third kappa shape index (κ3) is 3.71. The third-order valence-corrected chi connectivity index (χ3v) is 6.25. The van der Waals surface area contributed by atoms with Gasteiger partial charge < -0.3 is 24.5 Å². The van der Waals surface area contributed by atoms with Gasteiger partial charge in [0.05, 0.1) is 35.5 Å². The molecule has 0 aromatic heterocycles. The van der Waals surface area contributed by atoms with Crippen molar-refractivity contribution in [1.29, 1.82) is 0 Å². The van der Waals surface area contributed by atoms with E-state index in [4.69, 9.17) is 14.0 Å². The molecule has 2 aliphatic heterocycles. The molecule has 2 fully saturated rings. The second kappa shape index (κ2) is 7.41. The van der Waals surface area contributed by atoms with Crippen molar-refractivity contribution in [3.05, 3.63) is 28.6 Å². The fourth-order valence-corrected chi connectivity index (χ4v) is 3.40. The maximum absolute atomic E-state index is 14.9. The molecule has 2 N–H and O–H groups in total. The Morgan fingerprint density at radius 3 is 2.39 bits per heavy atom. The number of carbonyl (C=O) groups excluding carboxylic acids is 1. The molecule has 3 rings (SSSR count). The third-order valence-electron chi connectivity index (χ3n) is 6.25. The van der Waals surface area contributed by atoms with E-state index in [2.05, 4.69) is 5.32 Å². The Labute approximate surface area is 165 Å². The maximum atomic E-state index is 14.9. The minimum Gasteiger partial charge on any atom is -0.399 e. The zero-order valence-electron chi connectivity index (χ0n) is 17.4. The van der Waals surface area contributed by atoms with Crippen LogP contribution in [0.1, 0.15) is 55.6 Å². The lowest BCUT2D eigenvalue weighted by atomic mass is 9.74. The summed E-state index contributed by atoms with van der Waals surface area (Å²) in [6.07, 6.45) is -0.283. The molecule has 1 aromatic rings. The molecule has 0 saturated carbocycles. The van der Waals surface area contributed by atoms with Crippen molar-refractivity contribution in [2.24, 2.45) is 0 Å². The number of aliphatic hydroxyl groups excluding tert-OH is 1. The van der Waals surface area contributed by atoms with E-state index in [-0.39, 0.29) is 12.2 Å². The highest BCUT2D eigenvalue weighted by Crippen LogP contribution is 2.37. The number of carbonyl (C=O) groups is 1. The molecule has 2 atom stereocenters. The first-order valence-electron chi connectivity index (χ1n) is 9.66. The highest BCUT2D eigenvalue weighted by molar-refractivity contribution is 6.62. The van der Waals surface area contributed by atoms with Gasteiger partial charge in [0.1, 0.15) is 5.82 Å². The molecule has 0 aliphatic carbocycles. The summed E-state index contributed by atoms with van der Waals surface area (Å²) in [5.74, 6) is -1.17. The average Bonchev–Trinajstić information content (AvgIpc) is 2.82. The average molecular weight is 393 g/mol. The number of benzene rings is 1. The Hall–Kier alpha value is -1.48. The van der Waals surface area contributed by atoms with Gasteiger partial charge in [-0.25, -0.2) is 4.39 Å². The first-order chi connectivity index (χ1) is 12.9. The zero-order valence-corrected chi connectivity index (χ0v) is 17.4. The summed E-state index contributed by atoms with van der Waals surface area (Å²) in [6.45, 7) is 11.8. The molecule has 2 heterocycles. The second-order valence-electron chi connectivity index (χ2n) is 8.68. The van der Waals surface area contributed by atoms with Crippen molar-refractivity contribution in [3.8, 4) is 0 Å². The van der Waals surface area contributed by atoms with Gasteiger partial charge >= 0.3 is 7.12 Å². The molecule has 0 unspecified atom stereocenters. The van der Waals surface area contributed by atoms with Gasteiger partial charge in [0.15, 0.2) is 0 Å². The quantitative estimate of drug-likeness (QED) is 0.764. The SMILES string of the molecule is Cc1c(B2OC(C)(C)C(C)(C)O2)cc(C(=O)N[C@H]2COCC[C@@H]2O)c(F)c1C. The Balaban J connectivity index is 1.92. The summed E-state index contributed by atoms with van der Waals surface area (Å²) >= 11 is 0. The summed E-state index contributed by atoms with van der Waals surface area (Å²) < 4.78 is 32.4. The van der Waals surface area contributed by atoms with E-state index in [1.54, 1.807) is 13.8 Å². The second-order valence-corrected chi connectivity index (χ2v) is 8.68. The minimum atomic E-state index is -0.713. The summed E-state index contributed by atoms with van der Waals surface area (Å²) in [7, 11) is -0.695. The predicted molar refractivity (Wildman–Crippen MR) is 104 cm³/mol. The van der Waals surface area contributed by atoms with Crippen LogP contribution in [0.3, 0.4) is 0 Å². The van der Waals surface area contributed by atoms with E-state index in [0.717, 1.165) is 0 Å². The van der Waals surface area contributed by atoms with Crippen LogP contribution in [0, 0.1) is 19.7 Å². The molecule has 2 aliphatic rings. The lowest BCUT2D eigenvalue weighted by molar-refractivity contribution is -0.0140. The van der Waals surface area contributed by atoms with Crippen LogP contribution in [-0.2, 0) is 14.0 Å². The lowest BCUT2D eigenvalue weighted by Crippen LogP contribution is -2.50. The van der Waals surface area contributed by atoms with Crippen LogP contribution < -0.4 is 10.8 Å². The Morgan fingerprint density at radius 2 is 1.82 bits per heavy atom. The number of hydrogen-bond acceptors (Lipinski definition) is 5. The Morgan fingerprint density at radius 1 is 1.21 bits per heavy atom. The largest absolute Gasteiger partial charge is 0.495 e. The van der Waals surface area contributed by atoms with Gasteiger partial charge in [0, 0.05) is 6.61 Å². The molecule has 1 aromatic carbocycles. The number of ether oxygens (including phenoxy) is 1. The Bertz CT molecular complexity index is 766. The topological polar surface area (TPSA) is 77.0 Å². The molecule has 0 radical (unpaired) electrons. The summed E-state index contributed by atoms with van der Waals surface area (Å²) in [5.41, 5.74) is 0.511. The van der Waals surface area contributed by atoms with Crippen LogP contribution in [0.25, 0.3) is 0 Å². The number of rotatable bonds is 3. The molecule has 0 bridgehead atoms. The first kappa shape index (κ1) is 21.2. The van der Waals surface area contributed by atoms with Crippen molar-refractivity contribution in [2.45, 2.75) is 71.3 Å². The summed E-state index contributed by atoms with van der Waals surface area (Å²) in [6, 6.07) is 0.924. The molecule has 28 heavy (non-hydrogen) atoms. The first-order valence-corrected chi connectivity index (χ1v) is 9.66. The van der Waals surface area contributed by atoms with Crippen molar-refractivity contribution in [1.82, 2.24) is 5.32 Å². The van der Waals surface area contributed by atoms with E-state index in [1.807, 2.05) is 27.7 Å². The number of amides is 1. The van der Waals surface area contributed by atoms with E-state index in [0.29, 0.717) is 29.6 Å². The van der Waals surface area contributed by atoms with Gasteiger partial charge in [-0.3, -0.25) is 4.79 Å². The van der Waals surface area contributed by atoms with E-state index >= 15 is 0 Å². The number of hydrogen-bond donors (Lipinski definition) is 2. The normalized spacial score (nSPS) is 26.4. The van der Waals surface area contributed by atoms with Gasteiger partial charge in [0.25, 0.3) is 5.91 Å². The fourth-order valence-electron chi connectivity index (χ4n) is 3.40. The highest BCUT2D eigenvalue weighted by atomic mass is 19.1. The van der Waals surface area contributed by atoms with Crippen molar-refractivity contribution >= 4 is 18.5 Å². The molecular weight excluding hydrogens is 364 g/mol. The maximum Gasteiger partial charge on any atom is 0.495 e.